The Morgan fingerprint density at radius 2 is 1.81 bits per heavy atom. The molecule has 0 saturated heterocycles. The molecule has 0 saturated carbocycles. The average Bonchev–Trinajstić information content (AvgIpc) is 2.78. The number of aromatic nitrogens is 1. The Labute approximate surface area is 95.1 Å². The van der Waals surface area contributed by atoms with Gasteiger partial charge in [0, 0.05) is 12.4 Å². The van der Waals surface area contributed by atoms with E-state index in [-0.39, 0.29) is 0 Å². The first-order valence-electron chi connectivity index (χ1n) is 5.02. The number of hydrogen-bond donors (Lipinski definition) is 0. The molecule has 0 unspecified atom stereocenters. The molecular weight excluding hydrogens is 198 g/mol. The summed E-state index contributed by atoms with van der Waals surface area (Å²) in [5.74, 6) is 0.787. The van der Waals surface area contributed by atoms with Gasteiger partial charge in [-0.25, -0.2) is 0 Å². The highest BCUT2D eigenvalue weighted by molar-refractivity contribution is 5.63. The Morgan fingerprint density at radius 1 is 1.06 bits per heavy atom. The molecule has 1 heterocycles. The van der Waals surface area contributed by atoms with Gasteiger partial charge in [0.25, 0.3) is 0 Å². The quantitative estimate of drug-likeness (QED) is 0.702. The van der Waals surface area contributed by atoms with Crippen molar-refractivity contribution in [3.05, 3.63) is 62.0 Å². The standard InChI is InChI=1S/C14H13NO/c1-3-15-11-5-6-14(15)12-7-9-13(10-8-12)16-4-2/h3-11H,1-2H2. The smallest absolute Gasteiger partial charge is 0.126 e. The zero-order valence-electron chi connectivity index (χ0n) is 8.97. The summed E-state index contributed by atoms with van der Waals surface area (Å²) < 4.78 is 7.15. The van der Waals surface area contributed by atoms with E-state index in [1.807, 2.05) is 47.2 Å². The molecule has 80 valence electrons. The van der Waals surface area contributed by atoms with Crippen LogP contribution < -0.4 is 4.74 Å². The van der Waals surface area contributed by atoms with Crippen LogP contribution in [0, 0.1) is 0 Å². The van der Waals surface area contributed by atoms with E-state index in [1.54, 1.807) is 6.20 Å². The van der Waals surface area contributed by atoms with Gasteiger partial charge < -0.3 is 9.30 Å². The van der Waals surface area contributed by atoms with Gasteiger partial charge in [0.05, 0.1) is 12.0 Å². The van der Waals surface area contributed by atoms with Crippen molar-refractivity contribution < 1.29 is 4.74 Å². The van der Waals surface area contributed by atoms with E-state index in [1.165, 1.54) is 6.26 Å². The minimum absolute atomic E-state index is 0.787. The van der Waals surface area contributed by atoms with E-state index < -0.39 is 0 Å². The van der Waals surface area contributed by atoms with Gasteiger partial charge in [0.15, 0.2) is 0 Å². The third kappa shape index (κ3) is 1.91. The van der Waals surface area contributed by atoms with Gasteiger partial charge in [-0.15, -0.1) is 0 Å². The van der Waals surface area contributed by atoms with Gasteiger partial charge in [-0.2, -0.15) is 0 Å². The first kappa shape index (κ1) is 10.3. The third-order valence-corrected chi connectivity index (χ3v) is 2.35. The van der Waals surface area contributed by atoms with Gasteiger partial charge in [-0.1, -0.05) is 13.2 Å². The molecule has 0 aliphatic rings. The van der Waals surface area contributed by atoms with Crippen LogP contribution in [0.1, 0.15) is 0 Å². The van der Waals surface area contributed by atoms with Crippen molar-refractivity contribution in [3.8, 4) is 17.0 Å². The maximum Gasteiger partial charge on any atom is 0.126 e. The second kappa shape index (κ2) is 4.53. The molecular formula is C14H13NO. The molecule has 0 spiro atoms. The lowest BCUT2D eigenvalue weighted by Crippen LogP contribution is -1.87. The summed E-state index contributed by atoms with van der Waals surface area (Å²) in [7, 11) is 0. The van der Waals surface area contributed by atoms with Crippen molar-refractivity contribution in [1.82, 2.24) is 4.57 Å². The predicted octanol–water partition coefficient (Wildman–Crippen LogP) is 3.78. The third-order valence-electron chi connectivity index (χ3n) is 2.35. The van der Waals surface area contributed by atoms with Crippen molar-refractivity contribution >= 4 is 6.20 Å². The topological polar surface area (TPSA) is 14.2 Å². The van der Waals surface area contributed by atoms with Crippen LogP contribution in [0.3, 0.4) is 0 Å². The predicted molar refractivity (Wildman–Crippen MR) is 67.1 cm³/mol. The second-order valence-electron chi connectivity index (χ2n) is 3.29. The SMILES string of the molecule is C=COc1ccc(-c2cccn2C=C)cc1. The fourth-order valence-electron chi connectivity index (χ4n) is 1.60. The molecule has 2 heteroatoms. The van der Waals surface area contributed by atoms with E-state index in [9.17, 15) is 0 Å². The Kier molecular flexibility index (Phi) is 2.92. The maximum atomic E-state index is 5.17. The van der Waals surface area contributed by atoms with E-state index >= 15 is 0 Å². The molecule has 2 aromatic rings. The summed E-state index contributed by atoms with van der Waals surface area (Å²) in [5.41, 5.74) is 2.24. The summed E-state index contributed by atoms with van der Waals surface area (Å²) in [6.07, 6.45) is 5.17. The van der Waals surface area contributed by atoms with Crippen LogP contribution >= 0.6 is 0 Å². The van der Waals surface area contributed by atoms with Gasteiger partial charge >= 0.3 is 0 Å². The summed E-state index contributed by atoms with van der Waals surface area (Å²) >= 11 is 0. The molecule has 0 aliphatic heterocycles. The molecule has 2 rings (SSSR count). The van der Waals surface area contributed by atoms with Crippen LogP contribution in [-0.4, -0.2) is 4.57 Å². The summed E-state index contributed by atoms with van der Waals surface area (Å²) in [5, 5.41) is 0. The lowest BCUT2D eigenvalue weighted by atomic mass is 10.1. The first-order chi connectivity index (χ1) is 7.85. The van der Waals surface area contributed by atoms with Crippen LogP contribution in [-0.2, 0) is 0 Å². The van der Waals surface area contributed by atoms with Crippen LogP contribution in [0.5, 0.6) is 5.75 Å². The van der Waals surface area contributed by atoms with Crippen LogP contribution in [0.25, 0.3) is 17.5 Å². The Bertz CT molecular complexity index is 494. The van der Waals surface area contributed by atoms with Crippen molar-refractivity contribution in [2.24, 2.45) is 0 Å². The molecule has 0 fully saturated rings. The second-order valence-corrected chi connectivity index (χ2v) is 3.29. The molecule has 2 nitrogen and oxygen atoms in total. The van der Waals surface area contributed by atoms with Crippen LogP contribution in [0.15, 0.2) is 62.0 Å². The van der Waals surface area contributed by atoms with Crippen LogP contribution in [0.4, 0.5) is 0 Å². The molecule has 0 bridgehead atoms. The minimum Gasteiger partial charge on any atom is -0.466 e. The van der Waals surface area contributed by atoms with Gasteiger partial charge in [-0.3, -0.25) is 0 Å². The molecule has 0 radical (unpaired) electrons. The summed E-state index contributed by atoms with van der Waals surface area (Å²) in [4.78, 5) is 0. The highest BCUT2D eigenvalue weighted by atomic mass is 16.5. The van der Waals surface area contributed by atoms with Crippen molar-refractivity contribution in [3.63, 3.8) is 0 Å². The Balaban J connectivity index is 2.34. The molecule has 0 amide bonds. The molecule has 16 heavy (non-hydrogen) atoms. The zero-order valence-corrected chi connectivity index (χ0v) is 8.97. The largest absolute Gasteiger partial charge is 0.466 e. The highest BCUT2D eigenvalue weighted by Gasteiger charge is 2.01. The Hall–Kier alpha value is -2.22. The average molecular weight is 211 g/mol. The van der Waals surface area contributed by atoms with Crippen LogP contribution in [0.2, 0.25) is 0 Å². The highest BCUT2D eigenvalue weighted by Crippen LogP contribution is 2.23. The van der Waals surface area contributed by atoms with E-state index in [2.05, 4.69) is 13.2 Å². The lowest BCUT2D eigenvalue weighted by molar-refractivity contribution is 0.483. The zero-order chi connectivity index (χ0) is 11.4. The van der Waals surface area contributed by atoms with Crippen molar-refractivity contribution in [2.75, 3.05) is 0 Å². The first-order valence-corrected chi connectivity index (χ1v) is 5.02. The number of nitrogens with zero attached hydrogens (tertiary/aromatic N) is 1. The maximum absolute atomic E-state index is 5.17. The minimum atomic E-state index is 0.787. The number of rotatable bonds is 4. The molecule has 0 aliphatic carbocycles. The lowest BCUT2D eigenvalue weighted by Gasteiger charge is -2.05. The number of benzene rings is 1. The fraction of sp³-hybridized carbons (Fsp3) is 0. The van der Waals surface area contributed by atoms with E-state index in [0.29, 0.717) is 0 Å². The summed E-state index contributed by atoms with van der Waals surface area (Å²) in [6, 6.07) is 11.9. The Morgan fingerprint density at radius 3 is 2.44 bits per heavy atom. The molecule has 1 aromatic carbocycles. The van der Waals surface area contributed by atoms with Crippen molar-refractivity contribution in [2.45, 2.75) is 0 Å². The van der Waals surface area contributed by atoms with Gasteiger partial charge in [0.2, 0.25) is 0 Å². The monoisotopic (exact) mass is 211 g/mol. The van der Waals surface area contributed by atoms with E-state index in [0.717, 1.165) is 17.0 Å². The normalized spacial score (nSPS) is 9.75. The number of hydrogen-bond acceptors (Lipinski definition) is 1. The van der Waals surface area contributed by atoms with Gasteiger partial charge in [0.1, 0.15) is 5.75 Å². The fourth-order valence-corrected chi connectivity index (χ4v) is 1.60. The molecule has 0 N–H and O–H groups in total. The molecule has 1 aromatic heterocycles. The number of ether oxygens (including phenoxy) is 1. The molecule has 0 atom stereocenters. The van der Waals surface area contributed by atoms with Crippen molar-refractivity contribution in [1.29, 1.82) is 0 Å². The summed E-state index contributed by atoms with van der Waals surface area (Å²) in [6.45, 7) is 7.28. The van der Waals surface area contributed by atoms with Gasteiger partial charge in [-0.05, 0) is 42.0 Å². The van der Waals surface area contributed by atoms with E-state index in [4.69, 9.17) is 4.74 Å².